The highest BCUT2D eigenvalue weighted by molar-refractivity contribution is 7.99. The minimum absolute atomic E-state index is 0.148. The number of thioether (sulfide) groups is 1. The lowest BCUT2D eigenvalue weighted by molar-refractivity contribution is 0.0762. The van der Waals surface area contributed by atoms with Crippen LogP contribution in [-0.2, 0) is 9.84 Å². The lowest BCUT2D eigenvalue weighted by Gasteiger charge is -2.22. The molecule has 1 amide bonds. The van der Waals surface area contributed by atoms with Crippen molar-refractivity contribution in [1.82, 2.24) is 4.90 Å². The zero-order valence-electron chi connectivity index (χ0n) is 15.0. The number of hydrogen-bond donors (Lipinski definition) is 0. The fraction of sp³-hybridized carbons (Fsp3) is 0.316. The van der Waals surface area contributed by atoms with E-state index in [1.165, 1.54) is 34.9 Å². The molecule has 3 rings (SSSR count). The Morgan fingerprint density at radius 1 is 1.10 bits per heavy atom. The number of amides is 1. The Morgan fingerprint density at radius 2 is 1.83 bits per heavy atom. The highest BCUT2D eigenvalue weighted by atomic mass is 32.2. The molecule has 0 unspecified atom stereocenters. The number of sulfone groups is 1. The summed E-state index contributed by atoms with van der Waals surface area (Å²) < 4.78 is 77.3. The summed E-state index contributed by atoms with van der Waals surface area (Å²) >= 11 is 1.35. The number of carbonyl (C=O) groups is 1. The zero-order valence-corrected chi connectivity index (χ0v) is 16.7. The summed E-state index contributed by atoms with van der Waals surface area (Å²) in [5, 5.41) is -0.386. The van der Waals surface area contributed by atoms with Crippen molar-refractivity contribution in [3.8, 4) is 0 Å². The van der Waals surface area contributed by atoms with Gasteiger partial charge in [-0.05, 0) is 36.8 Å². The third-order valence-corrected chi connectivity index (χ3v) is 7.34. The second-order valence-electron chi connectivity index (χ2n) is 6.41. The number of halogens is 4. The van der Waals surface area contributed by atoms with Crippen LogP contribution in [0.5, 0.6) is 0 Å². The van der Waals surface area contributed by atoms with E-state index in [9.17, 15) is 30.8 Å². The predicted molar refractivity (Wildman–Crippen MR) is 102 cm³/mol. The van der Waals surface area contributed by atoms with E-state index in [0.717, 1.165) is 24.3 Å². The third kappa shape index (κ3) is 4.58. The average molecular weight is 447 g/mol. The fourth-order valence-electron chi connectivity index (χ4n) is 3.14. The van der Waals surface area contributed by atoms with E-state index in [1.807, 2.05) is 0 Å². The first kappa shape index (κ1) is 21.6. The van der Waals surface area contributed by atoms with E-state index in [0.29, 0.717) is 12.2 Å². The molecule has 0 spiro atoms. The summed E-state index contributed by atoms with van der Waals surface area (Å²) in [6.45, 7) is 0.371. The van der Waals surface area contributed by atoms with Gasteiger partial charge < -0.3 is 4.90 Å². The average Bonchev–Trinajstić information content (AvgIpc) is 2.95. The molecular weight excluding hydrogens is 430 g/mol. The topological polar surface area (TPSA) is 54.5 Å². The van der Waals surface area contributed by atoms with Crippen LogP contribution in [0.1, 0.15) is 27.6 Å². The molecule has 0 aromatic heterocycles. The van der Waals surface area contributed by atoms with Crippen molar-refractivity contribution in [1.29, 1.82) is 0 Å². The Hall–Kier alpha value is -2.07. The first-order chi connectivity index (χ1) is 13.7. The molecule has 0 bridgehead atoms. The molecule has 2 aromatic carbocycles. The largest absolute Gasteiger partial charge is 0.341 e. The maximum absolute atomic E-state index is 14.1. The number of hydrogen-bond acceptors (Lipinski definition) is 4. The van der Waals surface area contributed by atoms with Gasteiger partial charge in [0.1, 0.15) is 11.6 Å². The van der Waals surface area contributed by atoms with E-state index in [4.69, 9.17) is 0 Å². The van der Waals surface area contributed by atoms with Gasteiger partial charge in [-0.1, -0.05) is 12.1 Å². The molecule has 0 radical (unpaired) electrons. The lowest BCUT2D eigenvalue weighted by Crippen LogP contribution is -2.34. The Bertz CT molecular complexity index is 1010. The summed E-state index contributed by atoms with van der Waals surface area (Å²) in [4.78, 5) is 13.5. The van der Waals surface area contributed by atoms with Crippen LogP contribution in [0.15, 0.2) is 47.4 Å². The number of rotatable bonds is 4. The quantitative estimate of drug-likeness (QED) is 0.657. The van der Waals surface area contributed by atoms with Gasteiger partial charge in [0, 0.05) is 29.7 Å². The Labute approximate surface area is 169 Å². The van der Waals surface area contributed by atoms with E-state index >= 15 is 0 Å². The molecule has 0 saturated carbocycles. The van der Waals surface area contributed by atoms with Crippen molar-refractivity contribution in [2.75, 3.05) is 18.8 Å². The first-order valence-corrected chi connectivity index (χ1v) is 11.3. The molecule has 10 heteroatoms. The molecule has 1 heterocycles. The smallest absolute Gasteiger partial charge is 0.338 e. The van der Waals surface area contributed by atoms with Gasteiger partial charge in [0.15, 0.2) is 0 Å². The van der Waals surface area contributed by atoms with Crippen LogP contribution >= 0.6 is 11.8 Å². The normalized spacial score (nSPS) is 18.0. The van der Waals surface area contributed by atoms with Crippen molar-refractivity contribution >= 4 is 27.5 Å². The van der Waals surface area contributed by atoms with Crippen LogP contribution in [0, 0.1) is 11.6 Å². The first-order valence-electron chi connectivity index (χ1n) is 8.68. The van der Waals surface area contributed by atoms with Crippen LogP contribution in [0.3, 0.4) is 0 Å². The summed E-state index contributed by atoms with van der Waals surface area (Å²) in [7, 11) is -4.94. The van der Waals surface area contributed by atoms with Crippen LogP contribution in [-0.4, -0.2) is 43.8 Å². The summed E-state index contributed by atoms with van der Waals surface area (Å²) in [6, 6.07) is 8.03. The molecule has 1 aliphatic rings. The van der Waals surface area contributed by atoms with Crippen LogP contribution in [0.2, 0.25) is 0 Å². The maximum atomic E-state index is 14.1. The van der Waals surface area contributed by atoms with Crippen LogP contribution in [0.25, 0.3) is 0 Å². The van der Waals surface area contributed by atoms with Crippen molar-refractivity contribution in [2.24, 2.45) is 0 Å². The molecule has 0 N–H and O–H groups in total. The van der Waals surface area contributed by atoms with Crippen molar-refractivity contribution in [3.63, 3.8) is 0 Å². The Balaban J connectivity index is 1.83. The van der Waals surface area contributed by atoms with Gasteiger partial charge in [0.25, 0.3) is 5.91 Å². The van der Waals surface area contributed by atoms with Crippen molar-refractivity contribution < 1.29 is 30.8 Å². The van der Waals surface area contributed by atoms with E-state index in [-0.39, 0.29) is 29.5 Å². The van der Waals surface area contributed by atoms with Gasteiger partial charge in [0.05, 0.1) is 10.5 Å². The fourth-order valence-corrected chi connectivity index (χ4v) is 5.31. The maximum Gasteiger partial charge on any atom is 0.341 e. The van der Waals surface area contributed by atoms with E-state index in [1.54, 1.807) is 0 Å². The minimum Gasteiger partial charge on any atom is -0.338 e. The molecule has 29 heavy (non-hydrogen) atoms. The Kier molecular flexibility index (Phi) is 6.52. The third-order valence-electron chi connectivity index (χ3n) is 4.59. The monoisotopic (exact) mass is 447 g/mol. The van der Waals surface area contributed by atoms with Crippen molar-refractivity contribution in [3.05, 3.63) is 65.2 Å². The number of alkyl halides is 2. The number of nitrogens with zero attached hydrogens (tertiary/aromatic N) is 1. The lowest BCUT2D eigenvalue weighted by atomic mass is 10.1. The predicted octanol–water partition coefficient (Wildman–Crippen LogP) is 4.28. The summed E-state index contributed by atoms with van der Waals surface area (Å²) in [6.07, 6.45) is 0.306. The summed E-state index contributed by atoms with van der Waals surface area (Å²) in [5.41, 5.74) is -0.127. The molecule has 4 nitrogen and oxygen atoms in total. The molecule has 1 aliphatic heterocycles. The molecule has 0 aliphatic carbocycles. The van der Waals surface area contributed by atoms with Gasteiger partial charge in [-0.25, -0.2) is 17.2 Å². The molecule has 2 aromatic rings. The van der Waals surface area contributed by atoms with Crippen LogP contribution in [0.4, 0.5) is 17.6 Å². The van der Waals surface area contributed by atoms with Gasteiger partial charge in [-0.2, -0.15) is 20.5 Å². The highest BCUT2D eigenvalue weighted by Gasteiger charge is 2.33. The van der Waals surface area contributed by atoms with Gasteiger partial charge in [-0.15, -0.1) is 0 Å². The standard InChI is InChI=1S/C19H17F4NO3S2/c20-12-5-6-15(21)14(11-12)16-7-8-24(9-10-28-16)18(25)13-3-1-2-4-17(13)29(26,27)19(22)23/h1-6,11,16,19H,7-10H2/t16-/m1/s1. The second kappa shape index (κ2) is 8.74. The molecule has 1 saturated heterocycles. The van der Waals surface area contributed by atoms with Gasteiger partial charge >= 0.3 is 5.76 Å². The Morgan fingerprint density at radius 3 is 2.55 bits per heavy atom. The summed E-state index contributed by atoms with van der Waals surface area (Å²) in [5.74, 6) is -5.04. The molecule has 1 atom stereocenters. The zero-order chi connectivity index (χ0) is 21.2. The van der Waals surface area contributed by atoms with E-state index < -0.39 is 38.0 Å². The second-order valence-corrected chi connectivity index (χ2v) is 9.60. The van der Waals surface area contributed by atoms with E-state index in [2.05, 4.69) is 0 Å². The molecular formula is C19H17F4NO3S2. The SMILES string of the molecule is O=C(c1ccccc1S(=O)(=O)C(F)F)N1CCS[C@@H](c2cc(F)ccc2F)CC1. The van der Waals surface area contributed by atoms with Crippen LogP contribution < -0.4 is 0 Å². The molecule has 156 valence electrons. The minimum atomic E-state index is -4.94. The number of benzene rings is 2. The van der Waals surface area contributed by atoms with Gasteiger partial charge in [0.2, 0.25) is 9.84 Å². The number of carbonyl (C=O) groups excluding carboxylic acids is 1. The molecule has 1 fully saturated rings. The van der Waals surface area contributed by atoms with Crippen molar-refractivity contribution in [2.45, 2.75) is 22.3 Å². The highest BCUT2D eigenvalue weighted by Crippen LogP contribution is 2.36. The van der Waals surface area contributed by atoms with Gasteiger partial charge in [-0.3, -0.25) is 4.79 Å².